The average Bonchev–Trinajstić information content (AvgIpc) is 3.09. The number of nitro benzene ring substituents is 1. The van der Waals surface area contributed by atoms with Crippen LogP contribution in [0.4, 0.5) is 5.69 Å². The predicted molar refractivity (Wildman–Crippen MR) is 106 cm³/mol. The van der Waals surface area contributed by atoms with E-state index in [1.165, 1.54) is 30.0 Å². The summed E-state index contributed by atoms with van der Waals surface area (Å²) in [6, 6.07) is 9.56. The number of phenolic OH excluding ortho intramolecular Hbond substituents is 1. The highest BCUT2D eigenvalue weighted by molar-refractivity contribution is 7.99. The van der Waals surface area contributed by atoms with Gasteiger partial charge in [-0.1, -0.05) is 6.07 Å². The first-order chi connectivity index (χ1) is 13.3. The standard InChI is InChI=1S/C18H18N4O5S/c1-11-4-15(23)2-3-16(11)12-5-13(7-14(6-12)22(26)27)18-20-19-9-21(18)10-28-8-17(24)25/h2-7,19,23H,8-10H2,1H3,(H,24,25). The fourth-order valence-corrected chi connectivity index (χ4v) is 3.61. The lowest BCUT2D eigenvalue weighted by molar-refractivity contribution is -0.384. The molecule has 1 aliphatic heterocycles. The van der Waals surface area contributed by atoms with Crippen molar-refractivity contribution in [3.8, 4) is 16.9 Å². The molecule has 3 N–H and O–H groups in total. The van der Waals surface area contributed by atoms with Crippen LogP contribution in [-0.2, 0) is 4.79 Å². The van der Waals surface area contributed by atoms with Crippen molar-refractivity contribution in [3.05, 3.63) is 57.6 Å². The lowest BCUT2D eigenvalue weighted by Crippen LogP contribution is -2.30. The number of nitrogens with zero attached hydrogens (tertiary/aromatic N) is 3. The number of hydrazone groups is 1. The number of non-ortho nitro benzene ring substituents is 1. The van der Waals surface area contributed by atoms with Crippen LogP contribution in [0.3, 0.4) is 0 Å². The molecule has 28 heavy (non-hydrogen) atoms. The van der Waals surface area contributed by atoms with Crippen LogP contribution >= 0.6 is 11.8 Å². The van der Waals surface area contributed by atoms with Crippen molar-refractivity contribution in [2.75, 3.05) is 18.3 Å². The number of carbonyl (C=O) groups is 1. The fourth-order valence-electron chi connectivity index (χ4n) is 2.91. The molecule has 0 saturated carbocycles. The third-order valence-electron chi connectivity index (χ3n) is 4.13. The Morgan fingerprint density at radius 3 is 2.75 bits per heavy atom. The van der Waals surface area contributed by atoms with Crippen molar-refractivity contribution >= 4 is 29.3 Å². The van der Waals surface area contributed by atoms with Gasteiger partial charge in [0.05, 0.1) is 16.6 Å². The van der Waals surface area contributed by atoms with Gasteiger partial charge in [0, 0.05) is 17.7 Å². The number of thioether (sulfide) groups is 1. The van der Waals surface area contributed by atoms with Gasteiger partial charge in [-0.3, -0.25) is 20.3 Å². The number of benzene rings is 2. The summed E-state index contributed by atoms with van der Waals surface area (Å²) < 4.78 is 0. The van der Waals surface area contributed by atoms with Crippen LogP contribution < -0.4 is 5.43 Å². The largest absolute Gasteiger partial charge is 0.508 e. The molecule has 0 unspecified atom stereocenters. The van der Waals surface area contributed by atoms with E-state index in [0.29, 0.717) is 29.5 Å². The lowest BCUT2D eigenvalue weighted by Gasteiger charge is -2.19. The number of aliphatic carboxylic acids is 1. The minimum atomic E-state index is -0.906. The van der Waals surface area contributed by atoms with Crippen molar-refractivity contribution in [1.29, 1.82) is 0 Å². The van der Waals surface area contributed by atoms with E-state index in [4.69, 9.17) is 5.11 Å². The quantitative estimate of drug-likeness (QED) is 0.476. The van der Waals surface area contributed by atoms with Crippen LogP contribution in [0, 0.1) is 17.0 Å². The van der Waals surface area contributed by atoms with Gasteiger partial charge < -0.3 is 15.1 Å². The molecule has 146 valence electrons. The van der Waals surface area contributed by atoms with E-state index < -0.39 is 10.9 Å². The molecule has 0 aliphatic carbocycles. The van der Waals surface area contributed by atoms with Crippen LogP contribution in [-0.4, -0.2) is 50.1 Å². The molecule has 1 heterocycles. The van der Waals surface area contributed by atoms with E-state index >= 15 is 0 Å². The summed E-state index contributed by atoms with van der Waals surface area (Å²) in [4.78, 5) is 23.5. The Labute approximate surface area is 164 Å². The summed E-state index contributed by atoms with van der Waals surface area (Å²) in [5.41, 5.74) is 5.50. The monoisotopic (exact) mass is 402 g/mol. The van der Waals surface area contributed by atoms with E-state index in [1.807, 2.05) is 11.8 Å². The molecule has 1 aliphatic rings. The Kier molecular flexibility index (Phi) is 5.69. The highest BCUT2D eigenvalue weighted by Gasteiger charge is 2.22. The van der Waals surface area contributed by atoms with Gasteiger partial charge in [-0.05, 0) is 41.8 Å². The molecule has 0 bridgehead atoms. The molecule has 2 aromatic carbocycles. The van der Waals surface area contributed by atoms with Gasteiger partial charge in [-0.2, -0.15) is 5.10 Å². The summed E-state index contributed by atoms with van der Waals surface area (Å²) >= 11 is 1.22. The zero-order chi connectivity index (χ0) is 20.3. The van der Waals surface area contributed by atoms with Crippen molar-refractivity contribution in [2.45, 2.75) is 6.92 Å². The normalized spacial score (nSPS) is 13.2. The van der Waals surface area contributed by atoms with Crippen LogP contribution in [0.15, 0.2) is 41.5 Å². The van der Waals surface area contributed by atoms with Crippen LogP contribution in [0.5, 0.6) is 5.75 Å². The summed E-state index contributed by atoms with van der Waals surface area (Å²) in [6.07, 6.45) is 0. The van der Waals surface area contributed by atoms with Gasteiger partial charge in [0.1, 0.15) is 12.4 Å². The fraction of sp³-hybridized carbons (Fsp3) is 0.222. The van der Waals surface area contributed by atoms with Crippen LogP contribution in [0.1, 0.15) is 11.1 Å². The minimum absolute atomic E-state index is 0.0450. The van der Waals surface area contributed by atoms with Crippen LogP contribution in [0.2, 0.25) is 0 Å². The van der Waals surface area contributed by atoms with Gasteiger partial charge in [-0.15, -0.1) is 11.8 Å². The van der Waals surface area contributed by atoms with E-state index in [0.717, 1.165) is 11.1 Å². The van der Waals surface area contributed by atoms with Gasteiger partial charge in [0.15, 0.2) is 5.84 Å². The summed E-state index contributed by atoms with van der Waals surface area (Å²) in [6.45, 7) is 2.20. The number of nitro groups is 1. The summed E-state index contributed by atoms with van der Waals surface area (Å²) in [7, 11) is 0. The first kappa shape index (κ1) is 19.5. The van der Waals surface area contributed by atoms with E-state index in [1.54, 1.807) is 18.2 Å². The number of rotatable bonds is 7. The SMILES string of the molecule is Cc1cc(O)ccc1-c1cc(C2=NNCN2CSCC(=O)O)cc([N+](=O)[O-])c1. The van der Waals surface area contributed by atoms with Gasteiger partial charge in [-0.25, -0.2) is 0 Å². The number of phenols is 1. The second-order valence-electron chi connectivity index (χ2n) is 6.19. The molecule has 3 rings (SSSR count). The summed E-state index contributed by atoms with van der Waals surface area (Å²) in [5, 5.41) is 34.1. The van der Waals surface area contributed by atoms with Crippen molar-refractivity contribution < 1.29 is 19.9 Å². The van der Waals surface area contributed by atoms with Crippen LogP contribution in [0.25, 0.3) is 11.1 Å². The Hall–Kier alpha value is -3.27. The minimum Gasteiger partial charge on any atom is -0.508 e. The molecule has 0 spiro atoms. The Balaban J connectivity index is 1.97. The second kappa shape index (κ2) is 8.17. The zero-order valence-corrected chi connectivity index (χ0v) is 15.8. The Bertz CT molecular complexity index is 963. The zero-order valence-electron chi connectivity index (χ0n) is 15.0. The first-order valence-corrected chi connectivity index (χ1v) is 9.45. The molecule has 0 atom stereocenters. The van der Waals surface area contributed by atoms with E-state index in [2.05, 4.69) is 10.5 Å². The highest BCUT2D eigenvalue weighted by atomic mass is 32.2. The summed E-state index contributed by atoms with van der Waals surface area (Å²) in [5.74, 6) is 0.0682. The number of hydrogen-bond donors (Lipinski definition) is 3. The maximum absolute atomic E-state index is 11.4. The van der Waals surface area contributed by atoms with Crippen molar-refractivity contribution in [2.24, 2.45) is 5.10 Å². The maximum Gasteiger partial charge on any atom is 0.313 e. The number of carboxylic acids is 1. The number of aryl methyl sites for hydroxylation is 1. The smallest absolute Gasteiger partial charge is 0.313 e. The third-order valence-corrected chi connectivity index (χ3v) is 5.07. The third kappa shape index (κ3) is 4.34. The molecular formula is C18H18N4O5S. The van der Waals surface area contributed by atoms with Crippen molar-refractivity contribution in [3.63, 3.8) is 0 Å². The van der Waals surface area contributed by atoms with Gasteiger partial charge >= 0.3 is 5.97 Å². The van der Waals surface area contributed by atoms with E-state index in [-0.39, 0.29) is 17.2 Å². The number of hydrogen-bond acceptors (Lipinski definition) is 8. The highest BCUT2D eigenvalue weighted by Crippen LogP contribution is 2.31. The molecule has 10 heteroatoms. The molecule has 2 aromatic rings. The number of aromatic hydroxyl groups is 1. The first-order valence-electron chi connectivity index (χ1n) is 8.30. The average molecular weight is 402 g/mol. The molecule has 0 radical (unpaired) electrons. The number of nitrogens with one attached hydrogen (secondary N) is 1. The van der Waals surface area contributed by atoms with Crippen molar-refractivity contribution in [1.82, 2.24) is 10.3 Å². The Morgan fingerprint density at radius 1 is 1.32 bits per heavy atom. The number of amidine groups is 1. The lowest BCUT2D eigenvalue weighted by atomic mass is 9.97. The molecule has 0 aromatic heterocycles. The molecule has 0 saturated heterocycles. The molecular weight excluding hydrogens is 384 g/mol. The maximum atomic E-state index is 11.4. The number of carboxylic acid groups (broad SMARTS) is 1. The molecule has 0 fully saturated rings. The predicted octanol–water partition coefficient (Wildman–Crippen LogP) is 2.58. The Morgan fingerprint density at radius 2 is 2.07 bits per heavy atom. The molecule has 9 nitrogen and oxygen atoms in total. The second-order valence-corrected chi connectivity index (χ2v) is 7.14. The topological polar surface area (TPSA) is 128 Å². The van der Waals surface area contributed by atoms with Gasteiger partial charge in [0.25, 0.3) is 5.69 Å². The molecule has 0 amide bonds. The van der Waals surface area contributed by atoms with Gasteiger partial charge in [0.2, 0.25) is 0 Å². The van der Waals surface area contributed by atoms with E-state index in [9.17, 15) is 20.0 Å².